The number of hydrogen-bond acceptors (Lipinski definition) is 5. The van der Waals surface area contributed by atoms with Crippen molar-refractivity contribution in [3.05, 3.63) is 71.8 Å². The highest BCUT2D eigenvalue weighted by atomic mass is 16.5. The van der Waals surface area contributed by atoms with E-state index in [1.807, 2.05) is 74.5 Å². The number of nitrogens with zero attached hydrogens (tertiary/aromatic N) is 1. The Labute approximate surface area is 189 Å². The van der Waals surface area contributed by atoms with Crippen LogP contribution >= 0.6 is 0 Å². The van der Waals surface area contributed by atoms with E-state index >= 15 is 0 Å². The van der Waals surface area contributed by atoms with Crippen LogP contribution in [-0.4, -0.2) is 42.1 Å². The zero-order chi connectivity index (χ0) is 23.7. The molecule has 172 valence electrons. The molecule has 3 atom stereocenters. The lowest BCUT2D eigenvalue weighted by atomic mass is 10.0. The molecular formula is C25H32N2O5. The molecule has 2 aromatic rings. The van der Waals surface area contributed by atoms with E-state index in [9.17, 15) is 14.4 Å². The SMILES string of the molecule is COC(=O)CC(C(=O)OC(C)C)N(C(=O)N[C@@H](C)c1ccccc1)[C@@H](C)c1ccccc1. The number of carbonyl (C=O) groups excluding carboxylic acids is 3. The number of esters is 2. The van der Waals surface area contributed by atoms with E-state index in [4.69, 9.17) is 9.47 Å². The van der Waals surface area contributed by atoms with Gasteiger partial charge in [0.25, 0.3) is 0 Å². The molecule has 0 heterocycles. The Morgan fingerprint density at radius 1 is 0.875 bits per heavy atom. The average molecular weight is 441 g/mol. The second-order valence-corrected chi connectivity index (χ2v) is 7.86. The summed E-state index contributed by atoms with van der Waals surface area (Å²) in [5.41, 5.74) is 1.74. The van der Waals surface area contributed by atoms with Crippen LogP contribution in [0.5, 0.6) is 0 Å². The minimum absolute atomic E-state index is 0.311. The highest BCUT2D eigenvalue weighted by molar-refractivity contribution is 5.88. The van der Waals surface area contributed by atoms with Crippen molar-refractivity contribution < 1.29 is 23.9 Å². The van der Waals surface area contributed by atoms with Crippen LogP contribution < -0.4 is 5.32 Å². The normalized spacial score (nSPS) is 13.6. The lowest BCUT2D eigenvalue weighted by molar-refractivity contribution is -0.158. The second kappa shape index (κ2) is 11.9. The first-order valence-corrected chi connectivity index (χ1v) is 10.7. The largest absolute Gasteiger partial charge is 0.469 e. The maximum Gasteiger partial charge on any atom is 0.329 e. The molecule has 2 aromatic carbocycles. The molecule has 0 saturated carbocycles. The number of hydrogen-bond donors (Lipinski definition) is 1. The van der Waals surface area contributed by atoms with Crippen molar-refractivity contribution in [1.29, 1.82) is 0 Å². The van der Waals surface area contributed by atoms with Gasteiger partial charge in [0.2, 0.25) is 0 Å². The molecule has 0 aliphatic heterocycles. The van der Waals surface area contributed by atoms with Gasteiger partial charge in [0.05, 0.1) is 31.7 Å². The van der Waals surface area contributed by atoms with E-state index in [0.29, 0.717) is 0 Å². The Kier molecular flexibility index (Phi) is 9.25. The van der Waals surface area contributed by atoms with Crippen LogP contribution in [0, 0.1) is 0 Å². The summed E-state index contributed by atoms with van der Waals surface area (Å²) in [5.74, 6) is -1.26. The fraction of sp³-hybridized carbons (Fsp3) is 0.400. The Morgan fingerprint density at radius 2 is 1.41 bits per heavy atom. The van der Waals surface area contributed by atoms with Crippen molar-refractivity contribution >= 4 is 18.0 Å². The molecule has 0 aromatic heterocycles. The third-order valence-electron chi connectivity index (χ3n) is 5.12. The summed E-state index contributed by atoms with van der Waals surface area (Å²) in [6.45, 7) is 7.11. The summed E-state index contributed by atoms with van der Waals surface area (Å²) in [6, 6.07) is 16.4. The molecule has 0 fully saturated rings. The molecule has 0 saturated heterocycles. The Bertz CT molecular complexity index is 886. The molecular weight excluding hydrogens is 408 g/mol. The van der Waals surface area contributed by atoms with Gasteiger partial charge in [0, 0.05) is 0 Å². The second-order valence-electron chi connectivity index (χ2n) is 7.86. The third-order valence-corrected chi connectivity index (χ3v) is 5.12. The van der Waals surface area contributed by atoms with Gasteiger partial charge in [0.15, 0.2) is 0 Å². The van der Waals surface area contributed by atoms with E-state index in [0.717, 1.165) is 11.1 Å². The Balaban J connectivity index is 2.42. The number of methoxy groups -OCH3 is 1. The summed E-state index contributed by atoms with van der Waals surface area (Å²) < 4.78 is 10.2. The smallest absolute Gasteiger partial charge is 0.329 e. The van der Waals surface area contributed by atoms with Crippen LogP contribution in [0.2, 0.25) is 0 Å². The van der Waals surface area contributed by atoms with Gasteiger partial charge < -0.3 is 19.7 Å². The molecule has 1 N–H and O–H groups in total. The first-order valence-electron chi connectivity index (χ1n) is 10.7. The fourth-order valence-electron chi connectivity index (χ4n) is 3.41. The number of rotatable bonds is 9. The van der Waals surface area contributed by atoms with Crippen molar-refractivity contribution in [3.63, 3.8) is 0 Å². The highest BCUT2D eigenvalue weighted by Crippen LogP contribution is 2.26. The molecule has 1 unspecified atom stereocenters. The molecule has 0 spiro atoms. The standard InChI is InChI=1S/C25H32N2O5/c1-17(2)32-24(29)22(16-23(28)31-5)27(19(4)21-14-10-7-11-15-21)25(30)26-18(3)20-12-8-6-9-13-20/h6-15,17-19,22H,16H2,1-5H3,(H,26,30)/t18-,19-,22?/m0/s1. The zero-order valence-electron chi connectivity index (χ0n) is 19.3. The van der Waals surface area contributed by atoms with Crippen molar-refractivity contribution in [1.82, 2.24) is 10.2 Å². The lowest BCUT2D eigenvalue weighted by Crippen LogP contribution is -2.52. The summed E-state index contributed by atoms with van der Waals surface area (Å²) in [5, 5.41) is 2.95. The van der Waals surface area contributed by atoms with E-state index in [1.165, 1.54) is 12.0 Å². The third kappa shape index (κ3) is 6.83. The quantitative estimate of drug-likeness (QED) is 0.584. The fourth-order valence-corrected chi connectivity index (χ4v) is 3.41. The van der Waals surface area contributed by atoms with Crippen LogP contribution in [-0.2, 0) is 19.1 Å². The van der Waals surface area contributed by atoms with Crippen molar-refractivity contribution in [3.8, 4) is 0 Å². The van der Waals surface area contributed by atoms with Crippen molar-refractivity contribution in [2.45, 2.75) is 58.3 Å². The summed E-state index contributed by atoms with van der Waals surface area (Å²) >= 11 is 0. The molecule has 0 radical (unpaired) electrons. The Morgan fingerprint density at radius 3 is 1.91 bits per heavy atom. The predicted octanol–water partition coefficient (Wildman–Crippen LogP) is 4.40. The van der Waals surface area contributed by atoms with Crippen LogP contribution in [0.15, 0.2) is 60.7 Å². The van der Waals surface area contributed by atoms with Gasteiger partial charge in [-0.15, -0.1) is 0 Å². The summed E-state index contributed by atoms with van der Waals surface area (Å²) in [6.07, 6.45) is -0.713. The molecule has 0 aliphatic carbocycles. The zero-order valence-corrected chi connectivity index (χ0v) is 19.3. The van der Waals surface area contributed by atoms with Gasteiger partial charge in [-0.05, 0) is 38.8 Å². The molecule has 0 bridgehead atoms. The topological polar surface area (TPSA) is 84.9 Å². The predicted molar refractivity (Wildman–Crippen MR) is 122 cm³/mol. The molecule has 2 amide bonds. The Hall–Kier alpha value is -3.35. The van der Waals surface area contributed by atoms with Gasteiger partial charge in [0.1, 0.15) is 6.04 Å². The molecule has 0 aliphatic rings. The molecule has 7 nitrogen and oxygen atoms in total. The van der Waals surface area contributed by atoms with Crippen LogP contribution in [0.3, 0.4) is 0 Å². The maximum atomic E-state index is 13.5. The first-order chi connectivity index (χ1) is 15.2. The van der Waals surface area contributed by atoms with Crippen molar-refractivity contribution in [2.24, 2.45) is 0 Å². The minimum Gasteiger partial charge on any atom is -0.469 e. The summed E-state index contributed by atoms with van der Waals surface area (Å²) in [7, 11) is 1.25. The van der Waals surface area contributed by atoms with Crippen LogP contribution in [0.4, 0.5) is 4.79 Å². The lowest BCUT2D eigenvalue weighted by Gasteiger charge is -2.36. The van der Waals surface area contributed by atoms with Gasteiger partial charge in [-0.1, -0.05) is 60.7 Å². The number of ether oxygens (including phenoxy) is 2. The van der Waals surface area contributed by atoms with Gasteiger partial charge in [-0.25, -0.2) is 9.59 Å². The number of benzene rings is 2. The number of urea groups is 1. The van der Waals surface area contributed by atoms with Gasteiger partial charge in [-0.3, -0.25) is 4.79 Å². The van der Waals surface area contributed by atoms with E-state index in [1.54, 1.807) is 13.8 Å². The van der Waals surface area contributed by atoms with E-state index < -0.39 is 36.2 Å². The van der Waals surface area contributed by atoms with Crippen LogP contribution in [0.1, 0.15) is 57.3 Å². The minimum atomic E-state index is -1.15. The van der Waals surface area contributed by atoms with E-state index in [-0.39, 0.29) is 12.5 Å². The number of amides is 2. The highest BCUT2D eigenvalue weighted by Gasteiger charge is 2.38. The van der Waals surface area contributed by atoms with Gasteiger partial charge >= 0.3 is 18.0 Å². The molecule has 2 rings (SSSR count). The monoisotopic (exact) mass is 440 g/mol. The summed E-state index contributed by atoms with van der Waals surface area (Å²) in [4.78, 5) is 40.0. The number of carbonyl (C=O) groups is 3. The van der Waals surface area contributed by atoms with Crippen LogP contribution in [0.25, 0.3) is 0 Å². The van der Waals surface area contributed by atoms with E-state index in [2.05, 4.69) is 5.32 Å². The average Bonchev–Trinajstić information content (AvgIpc) is 2.78. The maximum absolute atomic E-state index is 13.5. The number of nitrogens with one attached hydrogen (secondary N) is 1. The van der Waals surface area contributed by atoms with Gasteiger partial charge in [-0.2, -0.15) is 0 Å². The first kappa shape index (κ1) is 24.9. The van der Waals surface area contributed by atoms with Crippen molar-refractivity contribution in [2.75, 3.05) is 7.11 Å². The molecule has 32 heavy (non-hydrogen) atoms. The molecule has 7 heteroatoms.